The average Bonchev–Trinajstić information content (AvgIpc) is 3.07. The summed E-state index contributed by atoms with van der Waals surface area (Å²) in [5.74, 6) is 0.993. The van der Waals surface area contributed by atoms with Gasteiger partial charge >= 0.3 is 0 Å². The van der Waals surface area contributed by atoms with Crippen molar-refractivity contribution in [2.45, 2.75) is 50.7 Å². The molecule has 2 fully saturated rings. The van der Waals surface area contributed by atoms with Crippen molar-refractivity contribution in [1.29, 1.82) is 0 Å². The smallest absolute Gasteiger partial charge is 0.246 e. The lowest BCUT2D eigenvalue weighted by Crippen LogP contribution is -2.47. The first-order valence-electron chi connectivity index (χ1n) is 7.85. The zero-order valence-corrected chi connectivity index (χ0v) is 11.8. The number of rotatable bonds is 4. The Morgan fingerprint density at radius 1 is 1.35 bits per heavy atom. The zero-order chi connectivity index (χ0) is 13.5. The topological polar surface area (TPSA) is 50.2 Å². The molecule has 4 rings (SSSR count). The average molecular weight is 274 g/mol. The Kier molecular flexibility index (Phi) is 3.02. The number of nitrogens with zero attached hydrogens (tertiary/aromatic N) is 3. The molecule has 0 aromatic carbocycles. The van der Waals surface area contributed by atoms with E-state index in [-0.39, 0.29) is 11.9 Å². The van der Waals surface area contributed by atoms with Crippen LogP contribution in [0.25, 0.3) is 0 Å². The van der Waals surface area contributed by atoms with E-state index >= 15 is 0 Å². The van der Waals surface area contributed by atoms with Crippen molar-refractivity contribution in [2.75, 3.05) is 13.1 Å². The Morgan fingerprint density at radius 3 is 2.90 bits per heavy atom. The van der Waals surface area contributed by atoms with Crippen LogP contribution in [0.2, 0.25) is 0 Å². The number of fused-ring (bicyclic) bond motifs is 1. The number of hydrogen-bond donors (Lipinski definition) is 1. The van der Waals surface area contributed by atoms with Gasteiger partial charge in [0.1, 0.15) is 6.04 Å². The number of nitrogens with one attached hydrogen (secondary N) is 1. The Hall–Kier alpha value is -1.36. The summed E-state index contributed by atoms with van der Waals surface area (Å²) in [5.41, 5.74) is 1.17. The second kappa shape index (κ2) is 4.88. The minimum Gasteiger partial charge on any atom is -0.351 e. The van der Waals surface area contributed by atoms with Gasteiger partial charge in [-0.05, 0) is 37.7 Å². The van der Waals surface area contributed by atoms with Crippen LogP contribution in [-0.4, -0.2) is 39.7 Å². The van der Waals surface area contributed by atoms with E-state index in [1.165, 1.54) is 25.0 Å². The van der Waals surface area contributed by atoms with E-state index in [1.807, 2.05) is 16.9 Å². The minimum atomic E-state index is -0.144. The van der Waals surface area contributed by atoms with Crippen molar-refractivity contribution >= 4 is 5.91 Å². The van der Waals surface area contributed by atoms with E-state index in [4.69, 9.17) is 0 Å². The predicted octanol–water partition coefficient (Wildman–Crippen LogP) is 1.32. The highest BCUT2D eigenvalue weighted by Crippen LogP contribution is 2.30. The third-order valence-electron chi connectivity index (χ3n) is 4.83. The lowest BCUT2D eigenvalue weighted by Gasteiger charge is -2.37. The molecule has 1 atom stereocenters. The maximum Gasteiger partial charge on any atom is 0.246 e. The summed E-state index contributed by atoms with van der Waals surface area (Å²) in [6.45, 7) is 2.88. The van der Waals surface area contributed by atoms with Crippen LogP contribution in [0.4, 0.5) is 0 Å². The lowest BCUT2D eigenvalue weighted by molar-refractivity contribution is -0.126. The second-order valence-electron chi connectivity index (χ2n) is 6.56. The summed E-state index contributed by atoms with van der Waals surface area (Å²) in [5, 5.41) is 7.49. The lowest BCUT2D eigenvalue weighted by atomic mass is 9.85. The summed E-state index contributed by atoms with van der Waals surface area (Å²) in [7, 11) is 0. The Bertz CT molecular complexity index is 504. The molecular formula is C15H22N4O. The zero-order valence-electron chi connectivity index (χ0n) is 11.8. The molecule has 2 heterocycles. The number of carbonyl (C=O) groups is 1. The first kappa shape index (κ1) is 12.4. The molecule has 1 unspecified atom stereocenters. The van der Waals surface area contributed by atoms with Gasteiger partial charge in [0.2, 0.25) is 5.91 Å². The van der Waals surface area contributed by atoms with Crippen molar-refractivity contribution in [2.24, 2.45) is 5.92 Å². The molecule has 5 nitrogen and oxygen atoms in total. The van der Waals surface area contributed by atoms with Crippen LogP contribution in [0.15, 0.2) is 12.3 Å². The van der Waals surface area contributed by atoms with E-state index < -0.39 is 0 Å². The van der Waals surface area contributed by atoms with E-state index in [2.05, 4.69) is 15.3 Å². The van der Waals surface area contributed by atoms with Crippen LogP contribution in [0, 0.1) is 5.92 Å². The Balaban J connectivity index is 1.49. The van der Waals surface area contributed by atoms with Gasteiger partial charge in [0.15, 0.2) is 0 Å². The molecule has 1 aromatic heterocycles. The molecule has 0 bridgehead atoms. The summed E-state index contributed by atoms with van der Waals surface area (Å²) in [6.07, 6.45) is 8.18. The van der Waals surface area contributed by atoms with Gasteiger partial charge in [0.25, 0.3) is 0 Å². The summed E-state index contributed by atoms with van der Waals surface area (Å²) >= 11 is 0. The van der Waals surface area contributed by atoms with Crippen molar-refractivity contribution < 1.29 is 4.79 Å². The number of amides is 1. The third-order valence-corrected chi connectivity index (χ3v) is 4.83. The number of aromatic nitrogens is 2. The molecule has 0 spiro atoms. The van der Waals surface area contributed by atoms with Gasteiger partial charge in [0.05, 0.1) is 5.69 Å². The molecule has 1 aliphatic heterocycles. The summed E-state index contributed by atoms with van der Waals surface area (Å²) in [4.78, 5) is 14.9. The van der Waals surface area contributed by atoms with Gasteiger partial charge < -0.3 is 5.32 Å². The molecule has 2 aliphatic carbocycles. The van der Waals surface area contributed by atoms with Crippen molar-refractivity contribution in [3.8, 4) is 0 Å². The van der Waals surface area contributed by atoms with Crippen molar-refractivity contribution in [3.63, 3.8) is 0 Å². The van der Waals surface area contributed by atoms with Gasteiger partial charge in [-0.2, -0.15) is 5.10 Å². The highest BCUT2D eigenvalue weighted by Gasteiger charge is 2.34. The van der Waals surface area contributed by atoms with E-state index in [1.54, 1.807) is 0 Å². The molecule has 1 amide bonds. The predicted molar refractivity (Wildman–Crippen MR) is 75.0 cm³/mol. The molecule has 1 aromatic rings. The second-order valence-corrected chi connectivity index (χ2v) is 6.56. The first-order chi connectivity index (χ1) is 9.79. The van der Waals surface area contributed by atoms with Gasteiger partial charge in [0, 0.05) is 31.9 Å². The molecular weight excluding hydrogens is 252 g/mol. The fourth-order valence-corrected chi connectivity index (χ4v) is 3.26. The van der Waals surface area contributed by atoms with Gasteiger partial charge in [-0.1, -0.05) is 6.42 Å². The highest BCUT2D eigenvalue weighted by atomic mass is 16.2. The summed E-state index contributed by atoms with van der Waals surface area (Å²) < 4.78 is 1.93. The van der Waals surface area contributed by atoms with Crippen LogP contribution in [0.5, 0.6) is 0 Å². The van der Waals surface area contributed by atoms with E-state index in [0.29, 0.717) is 6.04 Å². The molecule has 1 N–H and O–H groups in total. The minimum absolute atomic E-state index is 0.144. The Morgan fingerprint density at radius 2 is 2.20 bits per heavy atom. The monoisotopic (exact) mass is 274 g/mol. The quantitative estimate of drug-likeness (QED) is 0.901. The molecule has 0 saturated heterocycles. The largest absolute Gasteiger partial charge is 0.351 e. The molecule has 0 radical (unpaired) electrons. The van der Waals surface area contributed by atoms with Crippen LogP contribution < -0.4 is 5.32 Å². The van der Waals surface area contributed by atoms with E-state index in [9.17, 15) is 4.79 Å². The third kappa shape index (κ3) is 2.35. The standard InChI is InChI=1S/C15H22N4O/c20-15(17-12-4-5-12)14-10-18(8-11-2-1-3-11)9-13-6-7-16-19(13)14/h6-7,11-12,14H,1-5,8-10H2,(H,17,20). The molecule has 3 aliphatic rings. The van der Waals surface area contributed by atoms with Crippen LogP contribution in [-0.2, 0) is 11.3 Å². The fraction of sp³-hybridized carbons (Fsp3) is 0.733. The van der Waals surface area contributed by atoms with Crippen LogP contribution >= 0.6 is 0 Å². The van der Waals surface area contributed by atoms with Crippen LogP contribution in [0.1, 0.15) is 43.8 Å². The van der Waals surface area contributed by atoms with Crippen molar-refractivity contribution in [1.82, 2.24) is 20.0 Å². The van der Waals surface area contributed by atoms with Gasteiger partial charge in [-0.25, -0.2) is 0 Å². The molecule has 20 heavy (non-hydrogen) atoms. The normalized spacial score (nSPS) is 26.9. The maximum atomic E-state index is 12.4. The molecule has 108 valence electrons. The number of hydrogen-bond acceptors (Lipinski definition) is 3. The Labute approximate surface area is 119 Å². The first-order valence-corrected chi connectivity index (χ1v) is 7.85. The number of carbonyl (C=O) groups excluding carboxylic acids is 1. The van der Waals surface area contributed by atoms with Crippen molar-refractivity contribution in [3.05, 3.63) is 18.0 Å². The van der Waals surface area contributed by atoms with Gasteiger partial charge in [-0.3, -0.25) is 14.4 Å². The highest BCUT2D eigenvalue weighted by molar-refractivity contribution is 5.81. The van der Waals surface area contributed by atoms with E-state index in [0.717, 1.165) is 38.4 Å². The fourth-order valence-electron chi connectivity index (χ4n) is 3.26. The molecule has 2 saturated carbocycles. The maximum absolute atomic E-state index is 12.4. The SMILES string of the molecule is O=C(NC1CC1)C1CN(CC2CCC2)Cc2ccnn21. The molecule has 5 heteroatoms. The van der Waals surface area contributed by atoms with Crippen LogP contribution in [0.3, 0.4) is 0 Å². The van der Waals surface area contributed by atoms with Gasteiger partial charge in [-0.15, -0.1) is 0 Å². The summed E-state index contributed by atoms with van der Waals surface area (Å²) in [6, 6.07) is 2.32.